The number of carbonyl (C=O) groups is 1. The van der Waals surface area contributed by atoms with Gasteiger partial charge in [-0.3, -0.25) is 4.79 Å². The van der Waals surface area contributed by atoms with Crippen LogP contribution in [0.5, 0.6) is 0 Å². The van der Waals surface area contributed by atoms with Crippen molar-refractivity contribution in [1.82, 2.24) is 9.55 Å². The standard InChI is InChI=1S/C19H14N2O3S/c1-21-15-6-4-12(19(23)24-2)9-14(15)17(22)13-5-3-11(10-16(13)21)18-20-7-8-25-18/h3-10H,1-2H3. The number of thiazole rings is 1. The topological polar surface area (TPSA) is 61.2 Å². The molecule has 0 spiro atoms. The number of ether oxygens (including phenoxy) is 1. The molecule has 25 heavy (non-hydrogen) atoms. The molecule has 0 aliphatic heterocycles. The lowest BCUT2D eigenvalue weighted by Crippen LogP contribution is -2.11. The first-order chi connectivity index (χ1) is 12.1. The lowest BCUT2D eigenvalue weighted by atomic mass is 10.1. The summed E-state index contributed by atoms with van der Waals surface area (Å²) in [6, 6.07) is 10.7. The van der Waals surface area contributed by atoms with Crippen LogP contribution in [0.15, 0.2) is 52.8 Å². The molecule has 5 nitrogen and oxygen atoms in total. The molecule has 2 heterocycles. The van der Waals surface area contributed by atoms with Gasteiger partial charge in [0.15, 0.2) is 5.43 Å². The van der Waals surface area contributed by atoms with Gasteiger partial charge < -0.3 is 9.30 Å². The normalized spacial score (nSPS) is 11.1. The molecule has 0 aliphatic carbocycles. The predicted octanol–water partition coefficient (Wildman–Crippen LogP) is 3.60. The summed E-state index contributed by atoms with van der Waals surface area (Å²) in [7, 11) is 3.23. The van der Waals surface area contributed by atoms with Crippen LogP contribution in [0.1, 0.15) is 10.4 Å². The Morgan fingerprint density at radius 1 is 1.12 bits per heavy atom. The van der Waals surface area contributed by atoms with Gasteiger partial charge in [0.25, 0.3) is 0 Å². The molecule has 0 amide bonds. The SMILES string of the molecule is COC(=O)c1ccc2c(c1)c(=O)c1ccc(-c3nccs3)cc1n2C. The molecule has 0 saturated carbocycles. The van der Waals surface area contributed by atoms with E-state index in [4.69, 9.17) is 4.74 Å². The third kappa shape index (κ3) is 2.42. The van der Waals surface area contributed by atoms with Gasteiger partial charge in [0.2, 0.25) is 0 Å². The van der Waals surface area contributed by atoms with Crippen molar-refractivity contribution in [3.63, 3.8) is 0 Å². The van der Waals surface area contributed by atoms with Crippen LogP contribution in [0.25, 0.3) is 32.4 Å². The number of benzene rings is 2. The number of aromatic nitrogens is 2. The molecular weight excluding hydrogens is 336 g/mol. The first-order valence-electron chi connectivity index (χ1n) is 7.65. The van der Waals surface area contributed by atoms with Crippen LogP contribution in [0.4, 0.5) is 0 Å². The van der Waals surface area contributed by atoms with E-state index >= 15 is 0 Å². The minimum absolute atomic E-state index is 0.0976. The van der Waals surface area contributed by atoms with E-state index in [1.807, 2.05) is 35.2 Å². The summed E-state index contributed by atoms with van der Waals surface area (Å²) in [6.07, 6.45) is 1.76. The minimum atomic E-state index is -0.455. The molecule has 4 rings (SSSR count). The van der Waals surface area contributed by atoms with Crippen LogP contribution >= 0.6 is 11.3 Å². The molecule has 2 aromatic carbocycles. The second-order valence-electron chi connectivity index (χ2n) is 5.68. The van der Waals surface area contributed by atoms with Gasteiger partial charge in [0.05, 0.1) is 23.7 Å². The highest BCUT2D eigenvalue weighted by molar-refractivity contribution is 7.13. The van der Waals surface area contributed by atoms with Crippen LogP contribution in [0.3, 0.4) is 0 Å². The predicted molar refractivity (Wildman–Crippen MR) is 99.1 cm³/mol. The summed E-state index contributed by atoms with van der Waals surface area (Å²) in [6.45, 7) is 0. The third-order valence-corrected chi connectivity index (χ3v) is 5.13. The van der Waals surface area contributed by atoms with Crippen molar-refractivity contribution in [1.29, 1.82) is 0 Å². The molecule has 0 N–H and O–H groups in total. The number of methoxy groups -OCH3 is 1. The molecule has 0 fully saturated rings. The number of hydrogen-bond acceptors (Lipinski definition) is 5. The van der Waals surface area contributed by atoms with Crippen molar-refractivity contribution >= 4 is 39.1 Å². The van der Waals surface area contributed by atoms with Gasteiger partial charge in [-0.05, 0) is 30.3 Å². The Morgan fingerprint density at radius 3 is 2.68 bits per heavy atom. The molecule has 0 atom stereocenters. The molecular formula is C19H14N2O3S. The average Bonchev–Trinajstić information content (AvgIpc) is 3.19. The van der Waals surface area contributed by atoms with E-state index in [2.05, 4.69) is 4.98 Å². The lowest BCUT2D eigenvalue weighted by molar-refractivity contribution is 0.0601. The van der Waals surface area contributed by atoms with Crippen molar-refractivity contribution in [2.75, 3.05) is 7.11 Å². The van der Waals surface area contributed by atoms with Gasteiger partial charge in [-0.2, -0.15) is 0 Å². The summed E-state index contributed by atoms with van der Waals surface area (Å²) in [4.78, 5) is 29.0. The molecule has 0 unspecified atom stereocenters. The van der Waals surface area contributed by atoms with E-state index in [1.54, 1.807) is 35.7 Å². The molecule has 0 aliphatic rings. The Kier molecular flexibility index (Phi) is 3.62. The van der Waals surface area contributed by atoms with Gasteiger partial charge >= 0.3 is 5.97 Å². The van der Waals surface area contributed by atoms with Crippen LogP contribution < -0.4 is 5.43 Å². The Hall–Kier alpha value is -2.99. The largest absolute Gasteiger partial charge is 0.465 e. The Balaban J connectivity index is 2.04. The number of nitrogens with zero attached hydrogens (tertiary/aromatic N) is 2. The van der Waals surface area contributed by atoms with Gasteiger partial charge in [0.1, 0.15) is 5.01 Å². The zero-order valence-electron chi connectivity index (χ0n) is 13.6. The van der Waals surface area contributed by atoms with Gasteiger partial charge in [0, 0.05) is 35.0 Å². The van der Waals surface area contributed by atoms with Gasteiger partial charge in [-0.15, -0.1) is 11.3 Å². The van der Waals surface area contributed by atoms with Gasteiger partial charge in [-0.25, -0.2) is 9.78 Å². The molecule has 6 heteroatoms. The summed E-state index contributed by atoms with van der Waals surface area (Å²) < 4.78 is 6.71. The fourth-order valence-corrected chi connectivity index (χ4v) is 3.67. The number of fused-ring (bicyclic) bond motifs is 2. The lowest BCUT2D eigenvalue weighted by Gasteiger charge is -2.12. The van der Waals surface area contributed by atoms with E-state index in [1.165, 1.54) is 7.11 Å². The Bertz CT molecular complexity index is 1180. The zero-order valence-corrected chi connectivity index (χ0v) is 14.5. The zero-order chi connectivity index (χ0) is 17.6. The second-order valence-corrected chi connectivity index (χ2v) is 6.58. The number of esters is 1. The summed E-state index contributed by atoms with van der Waals surface area (Å²) in [5.41, 5.74) is 2.84. The van der Waals surface area contributed by atoms with Crippen molar-refractivity contribution < 1.29 is 9.53 Å². The number of carbonyl (C=O) groups excluding carboxylic acids is 1. The van der Waals surface area contributed by atoms with Crippen molar-refractivity contribution in [2.45, 2.75) is 0 Å². The first-order valence-corrected chi connectivity index (χ1v) is 8.53. The van der Waals surface area contributed by atoms with E-state index in [0.717, 1.165) is 21.6 Å². The smallest absolute Gasteiger partial charge is 0.337 e. The maximum absolute atomic E-state index is 12.9. The maximum atomic E-state index is 12.9. The summed E-state index contributed by atoms with van der Waals surface area (Å²) in [5, 5.41) is 3.94. The Morgan fingerprint density at radius 2 is 1.96 bits per heavy atom. The quantitative estimate of drug-likeness (QED) is 0.409. The number of aryl methyl sites for hydroxylation is 1. The monoisotopic (exact) mass is 350 g/mol. The van der Waals surface area contributed by atoms with Crippen molar-refractivity contribution in [3.8, 4) is 10.6 Å². The van der Waals surface area contributed by atoms with Crippen LogP contribution in [-0.4, -0.2) is 22.6 Å². The van der Waals surface area contributed by atoms with E-state index in [-0.39, 0.29) is 5.43 Å². The molecule has 0 saturated heterocycles. The molecule has 4 aromatic rings. The second kappa shape index (κ2) is 5.82. The van der Waals surface area contributed by atoms with Crippen molar-refractivity contribution in [2.24, 2.45) is 7.05 Å². The van der Waals surface area contributed by atoms with Crippen molar-refractivity contribution in [3.05, 3.63) is 63.8 Å². The number of rotatable bonds is 2. The maximum Gasteiger partial charge on any atom is 0.337 e. The Labute approximate surface area is 147 Å². The minimum Gasteiger partial charge on any atom is -0.465 e. The highest BCUT2D eigenvalue weighted by atomic mass is 32.1. The van der Waals surface area contributed by atoms with Crippen LogP contribution in [-0.2, 0) is 11.8 Å². The van der Waals surface area contributed by atoms with Crippen LogP contribution in [0, 0.1) is 0 Å². The molecule has 0 radical (unpaired) electrons. The van der Waals surface area contributed by atoms with Gasteiger partial charge in [-0.1, -0.05) is 6.07 Å². The van der Waals surface area contributed by atoms with E-state index in [9.17, 15) is 9.59 Å². The summed E-state index contributed by atoms with van der Waals surface area (Å²) in [5.74, 6) is -0.455. The fraction of sp³-hybridized carbons (Fsp3) is 0.105. The van der Waals surface area contributed by atoms with E-state index < -0.39 is 5.97 Å². The summed E-state index contributed by atoms with van der Waals surface area (Å²) >= 11 is 1.56. The highest BCUT2D eigenvalue weighted by Gasteiger charge is 2.13. The average molecular weight is 350 g/mol. The molecule has 2 aromatic heterocycles. The first kappa shape index (κ1) is 15.5. The number of hydrogen-bond donors (Lipinski definition) is 0. The number of pyridine rings is 1. The fourth-order valence-electron chi connectivity index (χ4n) is 3.03. The van der Waals surface area contributed by atoms with Crippen LogP contribution in [0.2, 0.25) is 0 Å². The molecule has 0 bridgehead atoms. The molecule has 124 valence electrons. The van der Waals surface area contributed by atoms with E-state index in [0.29, 0.717) is 16.3 Å². The highest BCUT2D eigenvalue weighted by Crippen LogP contribution is 2.26. The third-order valence-electron chi connectivity index (χ3n) is 4.31.